The van der Waals surface area contributed by atoms with Gasteiger partial charge in [-0.15, -0.1) is 0 Å². The lowest BCUT2D eigenvalue weighted by atomic mass is 9.81. The van der Waals surface area contributed by atoms with Crippen LogP contribution >= 0.6 is 0 Å². The van der Waals surface area contributed by atoms with E-state index in [1.807, 2.05) is 0 Å². The molecule has 2 aromatic carbocycles. The molecule has 2 atom stereocenters. The van der Waals surface area contributed by atoms with Gasteiger partial charge in [0.05, 0.1) is 9.30 Å². The van der Waals surface area contributed by atoms with Crippen LogP contribution in [-0.2, 0) is 0 Å². The number of hydrogen-bond donors (Lipinski definition) is 1. The van der Waals surface area contributed by atoms with Gasteiger partial charge in [0.25, 0.3) is 0 Å². The standard InChI is InChI=1S/C19H20FNO3/c20-15-3-1-13(2-4-15)17-7-8-21-10-14(17)11-22-16-5-6-18-19(9-16)24-12-23-18/h1-6,9,14,17,21H,7-8,10-12H2/t14?,17-/m0/s1/i7D2,8D2,10D2,11D2,12D2,14D. The molecule has 1 saturated heterocycles. The molecule has 0 spiro atoms. The van der Waals surface area contributed by atoms with Crippen molar-refractivity contribution >= 4 is 0 Å². The van der Waals surface area contributed by atoms with Gasteiger partial charge in [-0.1, -0.05) is 12.1 Å². The first kappa shape index (κ1) is 7.31. The maximum absolute atomic E-state index is 13.6. The van der Waals surface area contributed by atoms with Crippen LogP contribution in [0.3, 0.4) is 0 Å². The molecule has 2 aliphatic rings. The number of benzene rings is 2. The van der Waals surface area contributed by atoms with Crippen molar-refractivity contribution in [2.24, 2.45) is 5.89 Å². The number of nitrogens with one attached hydrogen (secondary N) is 1. The van der Waals surface area contributed by atoms with Crippen molar-refractivity contribution in [3.05, 3.63) is 53.8 Å². The maximum atomic E-state index is 13.6. The summed E-state index contributed by atoms with van der Waals surface area (Å²) in [6, 6.07) is 7.36. The molecule has 0 bridgehead atoms. The van der Waals surface area contributed by atoms with E-state index in [1.165, 1.54) is 6.07 Å². The van der Waals surface area contributed by atoms with E-state index < -0.39 is 50.3 Å². The van der Waals surface area contributed by atoms with Gasteiger partial charge >= 0.3 is 0 Å². The van der Waals surface area contributed by atoms with E-state index in [4.69, 9.17) is 29.3 Å². The molecule has 126 valence electrons. The molecule has 2 heterocycles. The molecule has 0 saturated carbocycles. The molecule has 24 heavy (non-hydrogen) atoms. The summed E-state index contributed by atoms with van der Waals surface area (Å²) in [6.07, 6.45) is -3.07. The predicted molar refractivity (Wildman–Crippen MR) is 88.2 cm³/mol. The zero-order valence-corrected chi connectivity index (χ0v) is 12.2. The van der Waals surface area contributed by atoms with Crippen LogP contribution in [0.1, 0.15) is 32.9 Å². The minimum absolute atomic E-state index is 0.00752. The first-order valence-corrected chi connectivity index (χ1v) is 7.09. The fourth-order valence-electron chi connectivity index (χ4n) is 2.28. The predicted octanol–water partition coefficient (Wildman–Crippen LogP) is 3.33. The number of piperidine rings is 1. The Morgan fingerprint density at radius 1 is 1.25 bits per heavy atom. The summed E-state index contributed by atoms with van der Waals surface area (Å²) in [5.41, 5.74) is -0.216. The molecule has 5 heteroatoms. The van der Waals surface area contributed by atoms with Gasteiger partial charge in [0.1, 0.15) is 14.3 Å². The summed E-state index contributed by atoms with van der Waals surface area (Å²) in [5.74, 6) is -6.49. The fraction of sp³-hybridized carbons (Fsp3) is 0.368. The minimum Gasteiger partial charge on any atom is -0.493 e. The maximum Gasteiger partial charge on any atom is 0.231 e. The molecule has 2 aliphatic heterocycles. The van der Waals surface area contributed by atoms with Gasteiger partial charge in [0.15, 0.2) is 11.5 Å². The molecular formula is C19H20FNO3. The quantitative estimate of drug-likeness (QED) is 0.927. The van der Waals surface area contributed by atoms with Crippen molar-refractivity contribution in [3.8, 4) is 17.2 Å². The lowest BCUT2D eigenvalue weighted by Gasteiger charge is -2.32. The van der Waals surface area contributed by atoms with Crippen LogP contribution in [0.15, 0.2) is 42.5 Å². The van der Waals surface area contributed by atoms with Crippen molar-refractivity contribution in [3.63, 3.8) is 0 Å². The van der Waals surface area contributed by atoms with Crippen LogP contribution in [0.2, 0.25) is 0 Å². The van der Waals surface area contributed by atoms with Gasteiger partial charge in [0.2, 0.25) is 6.75 Å². The van der Waals surface area contributed by atoms with E-state index in [-0.39, 0.29) is 22.8 Å². The third-order valence-electron chi connectivity index (χ3n) is 3.47. The largest absolute Gasteiger partial charge is 0.493 e. The molecule has 4 nitrogen and oxygen atoms in total. The normalized spacial score (nSPS) is 41.2. The van der Waals surface area contributed by atoms with E-state index in [0.717, 1.165) is 36.4 Å². The minimum atomic E-state index is -3.33. The highest BCUT2D eigenvalue weighted by atomic mass is 19.1. The Bertz CT molecular complexity index is 1150. The molecular weight excluding hydrogens is 309 g/mol. The zero-order chi connectivity index (χ0) is 26.2. The van der Waals surface area contributed by atoms with Crippen LogP contribution in [0.25, 0.3) is 0 Å². The monoisotopic (exact) mass is 340 g/mol. The molecule has 4 rings (SSSR count). The Morgan fingerprint density at radius 2 is 2.08 bits per heavy atom. The third-order valence-corrected chi connectivity index (χ3v) is 3.47. The Labute approximate surface area is 156 Å². The number of hydrogen-bond acceptors (Lipinski definition) is 4. The first-order chi connectivity index (χ1) is 15.8. The van der Waals surface area contributed by atoms with Gasteiger partial charge in [-0.2, -0.15) is 0 Å². The Hall–Kier alpha value is -2.27. The lowest BCUT2D eigenvalue weighted by molar-refractivity contribution is 0.173. The smallest absolute Gasteiger partial charge is 0.231 e. The van der Waals surface area contributed by atoms with E-state index in [1.54, 1.807) is 5.32 Å². The molecule has 1 N–H and O–H groups in total. The summed E-state index contributed by atoms with van der Waals surface area (Å²) < 4.78 is 120. The van der Waals surface area contributed by atoms with Crippen LogP contribution in [-0.4, -0.2) is 26.3 Å². The second kappa shape index (κ2) is 6.69. The van der Waals surface area contributed by atoms with E-state index in [9.17, 15) is 4.39 Å². The second-order valence-electron chi connectivity index (χ2n) is 5.02. The summed E-state index contributed by atoms with van der Waals surface area (Å²) in [7, 11) is 0. The van der Waals surface area contributed by atoms with Gasteiger partial charge in [-0.25, -0.2) is 4.39 Å². The third kappa shape index (κ3) is 3.17. The van der Waals surface area contributed by atoms with E-state index in [2.05, 4.69) is 0 Å². The van der Waals surface area contributed by atoms with Crippen molar-refractivity contribution in [2.45, 2.75) is 12.3 Å². The number of fused-ring (bicyclic) bond motifs is 1. The fourth-order valence-corrected chi connectivity index (χ4v) is 2.28. The molecule has 2 aromatic rings. The Kier molecular flexibility index (Phi) is 2.04. The number of ether oxygens (including phenoxy) is 3. The van der Waals surface area contributed by atoms with Gasteiger partial charge in [-0.3, -0.25) is 0 Å². The lowest BCUT2D eigenvalue weighted by Crippen LogP contribution is -2.38. The summed E-state index contributed by atoms with van der Waals surface area (Å²) in [4.78, 5) is 0. The van der Waals surface area contributed by atoms with Gasteiger partial charge in [0, 0.05) is 28.1 Å². The van der Waals surface area contributed by atoms with E-state index >= 15 is 0 Å². The van der Waals surface area contributed by atoms with Crippen LogP contribution in [0, 0.1) is 11.7 Å². The highest BCUT2D eigenvalue weighted by Crippen LogP contribution is 2.36. The molecule has 1 unspecified atom stereocenters. The van der Waals surface area contributed by atoms with Crippen molar-refractivity contribution in [2.75, 3.05) is 26.3 Å². The molecule has 0 radical (unpaired) electrons. The topological polar surface area (TPSA) is 39.7 Å². The summed E-state index contributed by atoms with van der Waals surface area (Å²) in [5, 5.41) is 1.78. The Morgan fingerprint density at radius 3 is 2.96 bits per heavy atom. The van der Waals surface area contributed by atoms with Crippen molar-refractivity contribution < 1.29 is 33.7 Å². The zero-order valence-electron chi connectivity index (χ0n) is 23.2. The second-order valence-corrected chi connectivity index (χ2v) is 5.02. The molecule has 0 aromatic heterocycles. The van der Waals surface area contributed by atoms with E-state index in [0.29, 0.717) is 0 Å². The highest BCUT2D eigenvalue weighted by Gasteiger charge is 2.27. The van der Waals surface area contributed by atoms with Gasteiger partial charge in [-0.05, 0) is 48.6 Å². The summed E-state index contributed by atoms with van der Waals surface area (Å²) >= 11 is 0. The van der Waals surface area contributed by atoms with Crippen LogP contribution in [0.4, 0.5) is 4.39 Å². The highest BCUT2D eigenvalue weighted by molar-refractivity contribution is 5.46. The Balaban J connectivity index is 1.83. The van der Waals surface area contributed by atoms with Gasteiger partial charge < -0.3 is 19.5 Å². The average molecular weight is 340 g/mol. The molecule has 1 fully saturated rings. The number of rotatable bonds is 4. The average Bonchev–Trinajstić information content (AvgIpc) is 3.00. The van der Waals surface area contributed by atoms with Crippen LogP contribution in [0.5, 0.6) is 17.2 Å². The summed E-state index contributed by atoms with van der Waals surface area (Å²) in [6.45, 7) is -12.1. The van der Waals surface area contributed by atoms with Crippen LogP contribution < -0.4 is 19.5 Å². The van der Waals surface area contributed by atoms with Crippen molar-refractivity contribution in [1.82, 2.24) is 5.32 Å². The molecule has 0 amide bonds. The number of halogens is 1. The molecule has 0 aliphatic carbocycles. The van der Waals surface area contributed by atoms with Crippen molar-refractivity contribution in [1.29, 1.82) is 0 Å². The first-order valence-electron chi connectivity index (χ1n) is 12.6. The SMILES string of the molecule is [2H]C1([2H])Oc2ccc(OC([2H])([2H])C3([2H])[C@H](c4ccc(F)cc4)C([2H])([2H])C([2H])([2H])NC3([2H])[2H])cc2O1.